The summed E-state index contributed by atoms with van der Waals surface area (Å²) in [5.41, 5.74) is 5.32. The van der Waals surface area contributed by atoms with Gasteiger partial charge in [-0.1, -0.05) is 51.3 Å². The molecule has 1 aliphatic carbocycles. The van der Waals surface area contributed by atoms with E-state index in [0.717, 1.165) is 29.9 Å². The van der Waals surface area contributed by atoms with Crippen LogP contribution in [0.15, 0.2) is 41.6 Å². The van der Waals surface area contributed by atoms with Crippen molar-refractivity contribution in [2.24, 2.45) is 18.9 Å². The Labute approximate surface area is 245 Å². The van der Waals surface area contributed by atoms with Crippen LogP contribution in [0.5, 0.6) is 0 Å². The van der Waals surface area contributed by atoms with E-state index in [9.17, 15) is 9.59 Å². The number of carbonyl (C=O) groups excluding carboxylic acids is 2. The molecule has 4 heterocycles. The van der Waals surface area contributed by atoms with Crippen molar-refractivity contribution in [3.05, 3.63) is 47.2 Å². The molecular formula is C33H48N6O2. The third-order valence-corrected chi connectivity index (χ3v) is 9.08. The predicted octanol–water partition coefficient (Wildman–Crippen LogP) is 5.81. The van der Waals surface area contributed by atoms with Crippen LogP contribution in [-0.4, -0.2) is 70.8 Å². The lowest BCUT2D eigenvalue weighted by Gasteiger charge is -2.43. The van der Waals surface area contributed by atoms with Crippen LogP contribution in [0, 0.1) is 11.8 Å². The zero-order valence-electron chi connectivity index (χ0n) is 25.7. The fraction of sp³-hybridized carbons (Fsp3) is 0.606. The Morgan fingerprint density at radius 2 is 1.78 bits per heavy atom. The molecule has 41 heavy (non-hydrogen) atoms. The number of aromatic nitrogens is 2. The van der Waals surface area contributed by atoms with Gasteiger partial charge in [0.2, 0.25) is 5.91 Å². The molecule has 3 fully saturated rings. The quantitative estimate of drug-likeness (QED) is 0.483. The number of unbranched alkanes of at least 4 members (excludes halogenated alkanes) is 1. The van der Waals surface area contributed by atoms with E-state index in [1.807, 2.05) is 11.7 Å². The average molecular weight is 561 g/mol. The van der Waals surface area contributed by atoms with Gasteiger partial charge in [-0.25, -0.2) is 4.79 Å². The number of likely N-dealkylation sites (tertiary alicyclic amines) is 2. The molecule has 3 aliphatic heterocycles. The maximum absolute atomic E-state index is 12.3. The molecule has 222 valence electrons. The predicted molar refractivity (Wildman–Crippen MR) is 166 cm³/mol. The molecule has 6 rings (SSSR count). The Morgan fingerprint density at radius 1 is 1.05 bits per heavy atom. The summed E-state index contributed by atoms with van der Waals surface area (Å²) in [4.78, 5) is 30.7. The van der Waals surface area contributed by atoms with E-state index in [0.29, 0.717) is 30.6 Å². The molecule has 8 nitrogen and oxygen atoms in total. The van der Waals surface area contributed by atoms with E-state index in [1.54, 1.807) is 4.90 Å². The molecule has 1 aromatic carbocycles. The third kappa shape index (κ3) is 6.69. The van der Waals surface area contributed by atoms with Crippen LogP contribution in [-0.2, 0) is 11.8 Å². The first-order valence-corrected chi connectivity index (χ1v) is 15.7. The van der Waals surface area contributed by atoms with Gasteiger partial charge in [-0.3, -0.25) is 19.7 Å². The zero-order chi connectivity index (χ0) is 29.1. The van der Waals surface area contributed by atoms with Gasteiger partial charge in [-0.05, 0) is 61.8 Å². The first kappa shape index (κ1) is 29.4. The molecule has 1 atom stereocenters. The maximum atomic E-state index is 12.3. The standard InChI is InChI=1S/C29H38N6O2.C4H10/c1-19-12-20(2)14-24(13-19)34-9-6-21(7-10-34)16-33-17-23(18-33)22-4-5-25-26(15-22)32(3)31-28(25)35-11-8-27(36)30-29(35)37;1-3-4-2/h4-5,13-15,19,21,23H,6-12,16-18H2,1-3H3,(H,30,36,37);3-4H2,1-2H3. The molecule has 1 aromatic heterocycles. The number of benzene rings is 1. The lowest BCUT2D eigenvalue weighted by molar-refractivity contribution is -0.120. The normalized spacial score (nSPS) is 22.6. The highest BCUT2D eigenvalue weighted by molar-refractivity contribution is 6.08. The van der Waals surface area contributed by atoms with Gasteiger partial charge in [-0.15, -0.1) is 0 Å². The maximum Gasteiger partial charge on any atom is 0.329 e. The third-order valence-electron chi connectivity index (χ3n) is 9.08. The molecule has 8 heteroatoms. The van der Waals surface area contributed by atoms with Gasteiger partial charge in [0.15, 0.2) is 5.82 Å². The summed E-state index contributed by atoms with van der Waals surface area (Å²) in [6, 6.07) is 6.12. The molecule has 3 saturated heterocycles. The number of nitrogens with one attached hydrogen (secondary N) is 1. The van der Waals surface area contributed by atoms with Crippen molar-refractivity contribution in [1.29, 1.82) is 0 Å². The lowest BCUT2D eigenvalue weighted by atomic mass is 9.87. The highest BCUT2D eigenvalue weighted by Gasteiger charge is 2.33. The summed E-state index contributed by atoms with van der Waals surface area (Å²) in [6.45, 7) is 15.1. The van der Waals surface area contributed by atoms with Crippen molar-refractivity contribution in [2.75, 3.05) is 44.2 Å². The van der Waals surface area contributed by atoms with Crippen molar-refractivity contribution in [2.45, 2.75) is 72.1 Å². The van der Waals surface area contributed by atoms with Crippen molar-refractivity contribution < 1.29 is 9.59 Å². The molecular weight excluding hydrogens is 512 g/mol. The Balaban J connectivity index is 0.000000794. The molecule has 4 aliphatic rings. The van der Waals surface area contributed by atoms with Gasteiger partial charge < -0.3 is 9.80 Å². The number of aryl methyl sites for hydroxylation is 1. The monoisotopic (exact) mass is 560 g/mol. The summed E-state index contributed by atoms with van der Waals surface area (Å²) in [7, 11) is 1.92. The number of urea groups is 1. The van der Waals surface area contributed by atoms with E-state index in [1.165, 1.54) is 68.6 Å². The van der Waals surface area contributed by atoms with Gasteiger partial charge in [0.1, 0.15) is 0 Å². The second kappa shape index (κ2) is 12.8. The fourth-order valence-corrected chi connectivity index (χ4v) is 6.56. The van der Waals surface area contributed by atoms with Gasteiger partial charge in [0, 0.05) is 69.7 Å². The van der Waals surface area contributed by atoms with Crippen molar-refractivity contribution in [3.63, 3.8) is 0 Å². The number of hydrogen-bond donors (Lipinski definition) is 1. The highest BCUT2D eigenvalue weighted by atomic mass is 16.2. The van der Waals surface area contributed by atoms with Crippen molar-refractivity contribution in [1.82, 2.24) is 24.9 Å². The minimum Gasteiger partial charge on any atom is -0.372 e. The number of anilines is 1. The van der Waals surface area contributed by atoms with Crippen LogP contribution < -0.4 is 10.2 Å². The van der Waals surface area contributed by atoms with E-state index in [4.69, 9.17) is 0 Å². The van der Waals surface area contributed by atoms with Gasteiger partial charge >= 0.3 is 6.03 Å². The van der Waals surface area contributed by atoms with Crippen LogP contribution in [0.1, 0.15) is 77.7 Å². The minimum absolute atomic E-state index is 0.229. The summed E-state index contributed by atoms with van der Waals surface area (Å²) in [5, 5.41) is 7.97. The van der Waals surface area contributed by atoms with Crippen molar-refractivity contribution >= 4 is 28.7 Å². The smallest absolute Gasteiger partial charge is 0.329 e. The molecule has 2 aromatic rings. The SMILES string of the molecule is CC1=CC(N2CCC(CN3CC(c4ccc5c(N6CCC(=O)NC6=O)nn(C)c5c4)C3)CC2)=CC(C)C1.CCCC. The van der Waals surface area contributed by atoms with Gasteiger partial charge in [0.25, 0.3) is 0 Å². The summed E-state index contributed by atoms with van der Waals surface area (Å²) in [6.07, 6.45) is 11.5. The van der Waals surface area contributed by atoms with E-state index in [2.05, 4.69) is 78.3 Å². The number of imide groups is 1. The van der Waals surface area contributed by atoms with Gasteiger partial charge in [-0.2, -0.15) is 5.10 Å². The van der Waals surface area contributed by atoms with E-state index in [-0.39, 0.29) is 5.91 Å². The molecule has 0 bridgehead atoms. The fourth-order valence-electron chi connectivity index (χ4n) is 6.56. The summed E-state index contributed by atoms with van der Waals surface area (Å²) in [5.74, 6) is 2.38. The van der Waals surface area contributed by atoms with E-state index >= 15 is 0 Å². The van der Waals surface area contributed by atoms with E-state index < -0.39 is 6.03 Å². The second-order valence-electron chi connectivity index (χ2n) is 12.6. The Hall–Kier alpha value is -3.13. The second-order valence-corrected chi connectivity index (χ2v) is 12.6. The number of amides is 3. The average Bonchev–Trinajstić information content (AvgIpc) is 3.25. The summed E-state index contributed by atoms with van der Waals surface area (Å²) < 4.78 is 1.85. The molecule has 3 amide bonds. The van der Waals surface area contributed by atoms with Crippen LogP contribution >= 0.6 is 0 Å². The largest absolute Gasteiger partial charge is 0.372 e. The Bertz CT molecular complexity index is 1310. The number of fused-ring (bicyclic) bond motifs is 1. The van der Waals surface area contributed by atoms with Gasteiger partial charge in [0.05, 0.1) is 5.52 Å². The minimum atomic E-state index is -0.391. The number of carbonyl (C=O) groups is 2. The van der Waals surface area contributed by atoms with Crippen molar-refractivity contribution in [3.8, 4) is 0 Å². The number of nitrogens with zero attached hydrogens (tertiary/aromatic N) is 5. The Kier molecular flexibility index (Phi) is 9.17. The molecule has 0 radical (unpaired) electrons. The lowest BCUT2D eigenvalue weighted by Crippen LogP contribution is -2.49. The Morgan fingerprint density at radius 3 is 2.44 bits per heavy atom. The van der Waals surface area contributed by atoms with Crippen LogP contribution in [0.2, 0.25) is 0 Å². The molecule has 0 saturated carbocycles. The number of allylic oxidation sites excluding steroid dienone is 3. The number of piperidine rings is 1. The van der Waals surface area contributed by atoms with Crippen LogP contribution in [0.25, 0.3) is 10.9 Å². The summed E-state index contributed by atoms with van der Waals surface area (Å²) >= 11 is 0. The topological polar surface area (TPSA) is 73.7 Å². The molecule has 0 spiro atoms. The molecule has 1 N–H and O–H groups in total. The van der Waals surface area contributed by atoms with Crippen LogP contribution in [0.3, 0.4) is 0 Å². The number of rotatable bonds is 6. The first-order valence-electron chi connectivity index (χ1n) is 15.7. The molecule has 1 unspecified atom stereocenters. The van der Waals surface area contributed by atoms with Crippen LogP contribution in [0.4, 0.5) is 10.6 Å². The first-order chi connectivity index (χ1) is 19.7. The highest BCUT2D eigenvalue weighted by Crippen LogP contribution is 2.34. The zero-order valence-corrected chi connectivity index (χ0v) is 25.7. The number of hydrogen-bond acceptors (Lipinski definition) is 5.